The lowest BCUT2D eigenvalue weighted by Gasteiger charge is -2.14. The van der Waals surface area contributed by atoms with E-state index in [1.807, 2.05) is 19.2 Å². The summed E-state index contributed by atoms with van der Waals surface area (Å²) in [5, 5.41) is 0. The van der Waals surface area contributed by atoms with Crippen molar-refractivity contribution < 1.29 is 0 Å². The molecule has 0 aliphatic carbocycles. The number of nitrogens with zero attached hydrogens (tertiary/aromatic N) is 1. The van der Waals surface area contributed by atoms with Crippen LogP contribution >= 0.6 is 0 Å². The van der Waals surface area contributed by atoms with Crippen molar-refractivity contribution in [1.82, 2.24) is 0 Å². The van der Waals surface area contributed by atoms with Crippen molar-refractivity contribution in [2.75, 3.05) is 17.7 Å². The molecule has 0 aromatic heterocycles. The van der Waals surface area contributed by atoms with E-state index in [-0.39, 0.29) is 0 Å². The Morgan fingerprint density at radius 2 is 2.15 bits per heavy atom. The van der Waals surface area contributed by atoms with Crippen molar-refractivity contribution in [3.8, 4) is 0 Å². The number of rotatable bonds is 0. The molecule has 13 heavy (non-hydrogen) atoms. The summed E-state index contributed by atoms with van der Waals surface area (Å²) in [6.45, 7) is 6.20. The van der Waals surface area contributed by atoms with Crippen molar-refractivity contribution in [2.45, 2.75) is 12.8 Å². The zero-order valence-electron chi connectivity index (χ0n) is 8.04. The van der Waals surface area contributed by atoms with E-state index in [2.05, 4.69) is 24.5 Å². The fourth-order valence-corrected chi connectivity index (χ4v) is 1.85. The SMILES string of the molecule is C=C1C(C)c2cc(N)ccc2N1C. The van der Waals surface area contributed by atoms with Gasteiger partial charge in [-0.05, 0) is 23.8 Å². The lowest BCUT2D eigenvalue weighted by Crippen LogP contribution is -2.10. The molecule has 1 unspecified atom stereocenters. The van der Waals surface area contributed by atoms with Crippen molar-refractivity contribution in [1.29, 1.82) is 0 Å². The topological polar surface area (TPSA) is 29.3 Å². The number of fused-ring (bicyclic) bond motifs is 1. The Bertz CT molecular complexity index is 368. The monoisotopic (exact) mass is 174 g/mol. The van der Waals surface area contributed by atoms with Crippen LogP contribution < -0.4 is 10.6 Å². The number of anilines is 2. The molecule has 68 valence electrons. The third-order valence-corrected chi connectivity index (χ3v) is 2.81. The summed E-state index contributed by atoms with van der Waals surface area (Å²) in [6.07, 6.45) is 0. The molecule has 1 atom stereocenters. The molecule has 0 radical (unpaired) electrons. The van der Waals surface area contributed by atoms with Gasteiger partial charge in [0.25, 0.3) is 0 Å². The Hall–Kier alpha value is -1.44. The lowest BCUT2D eigenvalue weighted by molar-refractivity contribution is 0.915. The molecule has 1 heterocycles. The van der Waals surface area contributed by atoms with Crippen LogP contribution in [0.15, 0.2) is 30.5 Å². The molecule has 1 aromatic rings. The molecule has 0 amide bonds. The van der Waals surface area contributed by atoms with E-state index in [0.717, 1.165) is 11.4 Å². The zero-order chi connectivity index (χ0) is 9.59. The highest BCUT2D eigenvalue weighted by molar-refractivity contribution is 5.69. The quantitative estimate of drug-likeness (QED) is 0.612. The van der Waals surface area contributed by atoms with Crippen molar-refractivity contribution in [3.63, 3.8) is 0 Å². The summed E-state index contributed by atoms with van der Waals surface area (Å²) in [7, 11) is 2.04. The molecule has 2 heteroatoms. The Morgan fingerprint density at radius 1 is 1.46 bits per heavy atom. The van der Waals surface area contributed by atoms with Gasteiger partial charge < -0.3 is 10.6 Å². The third-order valence-electron chi connectivity index (χ3n) is 2.81. The van der Waals surface area contributed by atoms with Crippen LogP contribution in [0.4, 0.5) is 11.4 Å². The van der Waals surface area contributed by atoms with E-state index in [1.54, 1.807) is 0 Å². The molecule has 0 fully saturated rings. The number of hydrogen-bond donors (Lipinski definition) is 1. The van der Waals surface area contributed by atoms with E-state index >= 15 is 0 Å². The van der Waals surface area contributed by atoms with Crippen LogP contribution in [0.3, 0.4) is 0 Å². The number of allylic oxidation sites excluding steroid dienone is 1. The van der Waals surface area contributed by atoms with Gasteiger partial charge in [-0.3, -0.25) is 0 Å². The molecule has 2 rings (SSSR count). The molecular weight excluding hydrogens is 160 g/mol. The second kappa shape index (κ2) is 2.52. The molecule has 1 aliphatic heterocycles. The normalized spacial score (nSPS) is 20.6. The first-order valence-corrected chi connectivity index (χ1v) is 4.43. The number of likely N-dealkylation sites (N-methyl/N-ethyl adjacent to an activating group) is 1. The second-order valence-electron chi connectivity index (χ2n) is 3.59. The van der Waals surface area contributed by atoms with Gasteiger partial charge >= 0.3 is 0 Å². The molecule has 1 aromatic carbocycles. The van der Waals surface area contributed by atoms with Gasteiger partial charge in [0.1, 0.15) is 0 Å². The number of nitrogen functional groups attached to an aromatic ring is 1. The number of hydrogen-bond acceptors (Lipinski definition) is 2. The minimum absolute atomic E-state index is 0.392. The molecule has 0 spiro atoms. The highest BCUT2D eigenvalue weighted by Crippen LogP contribution is 2.41. The first-order chi connectivity index (χ1) is 6.11. The van der Waals surface area contributed by atoms with Gasteiger partial charge in [0.15, 0.2) is 0 Å². The largest absolute Gasteiger partial charge is 0.399 e. The molecule has 0 saturated carbocycles. The van der Waals surface area contributed by atoms with Gasteiger partial charge in [-0.25, -0.2) is 0 Å². The highest BCUT2D eigenvalue weighted by Gasteiger charge is 2.26. The Kier molecular flexibility index (Phi) is 1.59. The standard InChI is InChI=1S/C11H14N2/c1-7-8(2)13(3)11-5-4-9(12)6-10(7)11/h4-7H,2,12H2,1,3H3. The maximum atomic E-state index is 5.74. The minimum Gasteiger partial charge on any atom is -0.399 e. The van der Waals surface area contributed by atoms with Crippen LogP contribution in [0.1, 0.15) is 18.4 Å². The fourth-order valence-electron chi connectivity index (χ4n) is 1.85. The van der Waals surface area contributed by atoms with Gasteiger partial charge in [-0.2, -0.15) is 0 Å². The fraction of sp³-hybridized carbons (Fsp3) is 0.273. The van der Waals surface area contributed by atoms with Gasteiger partial charge in [-0.15, -0.1) is 0 Å². The number of benzene rings is 1. The zero-order valence-corrected chi connectivity index (χ0v) is 8.04. The van der Waals surface area contributed by atoms with Gasteiger partial charge in [0, 0.05) is 30.0 Å². The predicted molar refractivity (Wildman–Crippen MR) is 56.8 cm³/mol. The highest BCUT2D eigenvalue weighted by atomic mass is 15.1. The van der Waals surface area contributed by atoms with Crippen LogP contribution in [0, 0.1) is 0 Å². The van der Waals surface area contributed by atoms with E-state index in [1.165, 1.54) is 11.3 Å². The summed E-state index contributed by atoms with van der Waals surface area (Å²) >= 11 is 0. The van der Waals surface area contributed by atoms with Gasteiger partial charge in [-0.1, -0.05) is 13.5 Å². The molecule has 2 nitrogen and oxygen atoms in total. The van der Waals surface area contributed by atoms with Gasteiger partial charge in [0.2, 0.25) is 0 Å². The predicted octanol–water partition coefficient (Wildman–Crippen LogP) is 2.34. The maximum absolute atomic E-state index is 5.74. The molecule has 2 N–H and O–H groups in total. The average molecular weight is 174 g/mol. The lowest BCUT2D eigenvalue weighted by atomic mass is 10.0. The minimum atomic E-state index is 0.392. The Morgan fingerprint density at radius 3 is 2.85 bits per heavy atom. The van der Waals surface area contributed by atoms with E-state index in [0.29, 0.717) is 5.92 Å². The molecular formula is C11H14N2. The first kappa shape index (κ1) is 8.17. The van der Waals surface area contributed by atoms with Crippen molar-refractivity contribution in [2.24, 2.45) is 0 Å². The first-order valence-electron chi connectivity index (χ1n) is 4.43. The number of nitrogens with two attached hydrogens (primary N) is 1. The maximum Gasteiger partial charge on any atom is 0.0446 e. The van der Waals surface area contributed by atoms with E-state index < -0.39 is 0 Å². The summed E-state index contributed by atoms with van der Waals surface area (Å²) in [5.74, 6) is 0.392. The summed E-state index contributed by atoms with van der Waals surface area (Å²) in [5.41, 5.74) is 10.2. The van der Waals surface area contributed by atoms with Gasteiger partial charge in [0.05, 0.1) is 0 Å². The molecule has 0 saturated heterocycles. The third kappa shape index (κ3) is 1.02. The summed E-state index contributed by atoms with van der Waals surface area (Å²) in [6, 6.07) is 6.02. The summed E-state index contributed by atoms with van der Waals surface area (Å²) < 4.78 is 0. The molecule has 1 aliphatic rings. The van der Waals surface area contributed by atoms with Crippen LogP contribution in [0.5, 0.6) is 0 Å². The summed E-state index contributed by atoms with van der Waals surface area (Å²) in [4.78, 5) is 2.12. The van der Waals surface area contributed by atoms with Crippen molar-refractivity contribution >= 4 is 11.4 Å². The smallest absolute Gasteiger partial charge is 0.0446 e. The van der Waals surface area contributed by atoms with Crippen LogP contribution in [-0.2, 0) is 0 Å². The Labute approximate surface area is 78.7 Å². The average Bonchev–Trinajstić information content (AvgIpc) is 2.32. The Balaban J connectivity index is 2.60. The van der Waals surface area contributed by atoms with Crippen LogP contribution in [0.25, 0.3) is 0 Å². The van der Waals surface area contributed by atoms with E-state index in [9.17, 15) is 0 Å². The second-order valence-corrected chi connectivity index (χ2v) is 3.59. The molecule has 0 bridgehead atoms. The van der Waals surface area contributed by atoms with E-state index in [4.69, 9.17) is 5.73 Å². The van der Waals surface area contributed by atoms with Crippen LogP contribution in [0.2, 0.25) is 0 Å². The van der Waals surface area contributed by atoms with Crippen LogP contribution in [-0.4, -0.2) is 7.05 Å². The van der Waals surface area contributed by atoms with Crippen molar-refractivity contribution in [3.05, 3.63) is 36.0 Å².